The summed E-state index contributed by atoms with van der Waals surface area (Å²) in [6.45, 7) is 10.8. The highest BCUT2D eigenvalue weighted by atomic mass is 16.3. The molecule has 0 aromatic carbocycles. The molecule has 2 N–H and O–H groups in total. The molecule has 22 heavy (non-hydrogen) atoms. The van der Waals surface area contributed by atoms with Crippen molar-refractivity contribution >= 4 is 0 Å². The molecule has 0 saturated heterocycles. The summed E-state index contributed by atoms with van der Waals surface area (Å²) in [5.41, 5.74) is 5.27. The Labute approximate surface area is 135 Å². The lowest BCUT2D eigenvalue weighted by Gasteiger charge is -2.34. The Morgan fingerprint density at radius 1 is 1.27 bits per heavy atom. The van der Waals surface area contributed by atoms with E-state index in [9.17, 15) is 5.11 Å². The van der Waals surface area contributed by atoms with Gasteiger partial charge in [-0.25, -0.2) is 0 Å². The zero-order chi connectivity index (χ0) is 16.8. The maximum absolute atomic E-state index is 10.2. The molecular weight excluding hydrogens is 272 g/mol. The molecule has 2 nitrogen and oxygen atoms in total. The summed E-state index contributed by atoms with van der Waals surface area (Å²) < 4.78 is 0. The predicted octanol–water partition coefficient (Wildman–Crippen LogP) is 4.71. The number of hydrogen-bond acceptors (Lipinski definition) is 2. The summed E-state index contributed by atoms with van der Waals surface area (Å²) in [5.74, 6) is 0. The van der Waals surface area contributed by atoms with E-state index >= 15 is 0 Å². The lowest BCUT2D eigenvalue weighted by Crippen LogP contribution is -2.20. The van der Waals surface area contributed by atoms with E-state index in [0.717, 1.165) is 17.6 Å². The molecule has 124 valence electrons. The van der Waals surface area contributed by atoms with Crippen LogP contribution in [0, 0.1) is 5.41 Å². The van der Waals surface area contributed by atoms with Gasteiger partial charge < -0.3 is 10.2 Å². The van der Waals surface area contributed by atoms with Crippen molar-refractivity contribution < 1.29 is 10.2 Å². The van der Waals surface area contributed by atoms with Crippen molar-refractivity contribution in [3.05, 3.63) is 46.6 Å². The molecule has 0 radical (unpaired) electrons. The van der Waals surface area contributed by atoms with Crippen LogP contribution < -0.4 is 0 Å². The largest absolute Gasteiger partial charge is 0.392 e. The number of rotatable bonds is 6. The number of aliphatic hydroxyl groups is 2. The fourth-order valence-electron chi connectivity index (χ4n) is 3.12. The van der Waals surface area contributed by atoms with Gasteiger partial charge in [-0.05, 0) is 57.4 Å². The molecule has 2 heteroatoms. The van der Waals surface area contributed by atoms with Gasteiger partial charge in [0.05, 0.1) is 12.7 Å². The van der Waals surface area contributed by atoms with E-state index < -0.39 is 6.10 Å². The molecule has 1 rings (SSSR count). The van der Waals surface area contributed by atoms with E-state index in [2.05, 4.69) is 26.8 Å². The lowest BCUT2D eigenvalue weighted by molar-refractivity contribution is 0.258. The van der Waals surface area contributed by atoms with Crippen LogP contribution >= 0.6 is 0 Å². The fourth-order valence-corrected chi connectivity index (χ4v) is 3.12. The molecule has 0 bridgehead atoms. The Bertz CT molecular complexity index is 490. The van der Waals surface area contributed by atoms with Gasteiger partial charge in [0.25, 0.3) is 0 Å². The van der Waals surface area contributed by atoms with Crippen LogP contribution in [0.2, 0.25) is 0 Å². The predicted molar refractivity (Wildman–Crippen MR) is 94.7 cm³/mol. The van der Waals surface area contributed by atoms with E-state index in [0.29, 0.717) is 0 Å². The van der Waals surface area contributed by atoms with Gasteiger partial charge in [0.2, 0.25) is 0 Å². The first-order chi connectivity index (χ1) is 10.3. The topological polar surface area (TPSA) is 40.5 Å². The van der Waals surface area contributed by atoms with Crippen LogP contribution in [0.3, 0.4) is 0 Å². The van der Waals surface area contributed by atoms with Gasteiger partial charge in [0, 0.05) is 0 Å². The highest BCUT2D eigenvalue weighted by molar-refractivity contribution is 5.27. The molecule has 0 aromatic rings. The molecule has 1 aliphatic rings. The monoisotopic (exact) mass is 304 g/mol. The third-order valence-corrected chi connectivity index (χ3v) is 4.74. The highest BCUT2D eigenvalue weighted by Gasteiger charge is 2.27. The van der Waals surface area contributed by atoms with Gasteiger partial charge in [-0.2, -0.15) is 0 Å². The van der Waals surface area contributed by atoms with Crippen molar-refractivity contribution in [1.29, 1.82) is 0 Å². The van der Waals surface area contributed by atoms with Gasteiger partial charge in [0.15, 0.2) is 0 Å². The molecule has 0 aromatic heterocycles. The second kappa shape index (κ2) is 8.50. The van der Waals surface area contributed by atoms with Crippen LogP contribution in [-0.4, -0.2) is 22.9 Å². The normalized spacial score (nSPS) is 21.6. The Balaban J connectivity index is 2.75. The molecule has 1 aliphatic carbocycles. The summed E-state index contributed by atoms with van der Waals surface area (Å²) in [6.07, 6.45) is 11.6. The quantitative estimate of drug-likeness (QED) is 0.551. The zero-order valence-corrected chi connectivity index (χ0v) is 14.8. The van der Waals surface area contributed by atoms with E-state index in [1.807, 2.05) is 19.9 Å². The van der Waals surface area contributed by atoms with Crippen molar-refractivity contribution in [3.8, 4) is 0 Å². The summed E-state index contributed by atoms with van der Waals surface area (Å²) in [5, 5.41) is 19.0. The lowest BCUT2D eigenvalue weighted by atomic mass is 9.71. The maximum atomic E-state index is 10.2. The number of aliphatic hydroxyl groups excluding tert-OH is 2. The van der Waals surface area contributed by atoms with Gasteiger partial charge in [-0.3, -0.25) is 0 Å². The fraction of sp³-hybridized carbons (Fsp3) is 0.600. The first-order valence-electron chi connectivity index (χ1n) is 8.27. The van der Waals surface area contributed by atoms with Crippen LogP contribution in [0.25, 0.3) is 0 Å². The first kappa shape index (κ1) is 18.9. The summed E-state index contributed by atoms with van der Waals surface area (Å²) >= 11 is 0. The van der Waals surface area contributed by atoms with E-state index in [4.69, 9.17) is 5.11 Å². The van der Waals surface area contributed by atoms with Crippen LogP contribution in [0.15, 0.2) is 46.6 Å². The maximum Gasteiger partial charge on any atom is 0.0932 e. The molecule has 0 saturated carbocycles. The summed E-state index contributed by atoms with van der Waals surface area (Å²) in [6, 6.07) is 0. The third-order valence-electron chi connectivity index (χ3n) is 4.74. The smallest absolute Gasteiger partial charge is 0.0932 e. The summed E-state index contributed by atoms with van der Waals surface area (Å²) in [4.78, 5) is 0. The van der Waals surface area contributed by atoms with Crippen molar-refractivity contribution in [2.75, 3.05) is 6.61 Å². The minimum atomic E-state index is -0.561. The van der Waals surface area contributed by atoms with Crippen LogP contribution in [0.5, 0.6) is 0 Å². The average Bonchev–Trinajstić information content (AvgIpc) is 2.43. The SMILES string of the molecule is CC1=C(C/C=C(/C)C(O)/C=C/C(C)=C/CO)C(C)(C)CCC1. The molecule has 0 heterocycles. The Kier molecular flexibility index (Phi) is 7.31. The van der Waals surface area contributed by atoms with Gasteiger partial charge in [-0.15, -0.1) is 0 Å². The van der Waals surface area contributed by atoms with Crippen LogP contribution in [-0.2, 0) is 0 Å². The third kappa shape index (κ3) is 5.58. The summed E-state index contributed by atoms with van der Waals surface area (Å²) in [7, 11) is 0. The highest BCUT2D eigenvalue weighted by Crippen LogP contribution is 2.42. The average molecular weight is 304 g/mol. The van der Waals surface area contributed by atoms with E-state index in [1.54, 1.807) is 12.2 Å². The van der Waals surface area contributed by atoms with Gasteiger partial charge in [0.1, 0.15) is 0 Å². The Hall–Kier alpha value is -1.12. The van der Waals surface area contributed by atoms with E-state index in [-0.39, 0.29) is 12.0 Å². The second-order valence-corrected chi connectivity index (χ2v) is 7.08. The minimum Gasteiger partial charge on any atom is -0.392 e. The number of allylic oxidation sites excluding steroid dienone is 5. The molecule has 0 amide bonds. The van der Waals surface area contributed by atoms with Gasteiger partial charge in [-0.1, -0.05) is 54.9 Å². The molecule has 1 atom stereocenters. The zero-order valence-electron chi connectivity index (χ0n) is 14.8. The van der Waals surface area contributed by atoms with Crippen molar-refractivity contribution in [2.24, 2.45) is 5.41 Å². The Morgan fingerprint density at radius 2 is 1.95 bits per heavy atom. The molecule has 0 spiro atoms. The van der Waals surface area contributed by atoms with E-state index in [1.165, 1.54) is 30.4 Å². The molecule has 0 fully saturated rings. The molecule has 1 unspecified atom stereocenters. The molecular formula is C20H32O2. The second-order valence-electron chi connectivity index (χ2n) is 7.08. The van der Waals surface area contributed by atoms with Crippen molar-refractivity contribution in [1.82, 2.24) is 0 Å². The minimum absolute atomic E-state index is 0.0314. The van der Waals surface area contributed by atoms with Crippen LogP contribution in [0.1, 0.15) is 60.3 Å². The number of hydrogen-bond donors (Lipinski definition) is 2. The van der Waals surface area contributed by atoms with Gasteiger partial charge >= 0.3 is 0 Å². The Morgan fingerprint density at radius 3 is 2.55 bits per heavy atom. The standard InChI is InChI=1S/C20H32O2/c1-15(12-14-21)8-11-19(22)17(3)9-10-18-16(2)7-6-13-20(18,4)5/h8-9,11-12,19,21-22H,6-7,10,13-14H2,1-5H3/b11-8+,15-12+,17-9-. The van der Waals surface area contributed by atoms with Crippen molar-refractivity contribution in [2.45, 2.75) is 66.4 Å². The molecule has 0 aliphatic heterocycles. The first-order valence-corrected chi connectivity index (χ1v) is 8.27. The van der Waals surface area contributed by atoms with Crippen LogP contribution in [0.4, 0.5) is 0 Å². The van der Waals surface area contributed by atoms with Crippen molar-refractivity contribution in [3.63, 3.8) is 0 Å².